The highest BCUT2D eigenvalue weighted by molar-refractivity contribution is 14.1. The Hall–Kier alpha value is 0.690. The summed E-state index contributed by atoms with van der Waals surface area (Å²) in [5.41, 5.74) is 1.80. The number of alkyl halides is 1. The second-order valence-corrected chi connectivity index (χ2v) is 12.0. The van der Waals surface area contributed by atoms with Crippen molar-refractivity contribution in [3.8, 4) is 0 Å². The summed E-state index contributed by atoms with van der Waals surface area (Å²) in [6.07, 6.45) is 12.5. The summed E-state index contributed by atoms with van der Waals surface area (Å²) < 4.78 is 7.57. The average Bonchev–Trinajstić information content (AvgIpc) is 3.12. The van der Waals surface area contributed by atoms with Crippen molar-refractivity contribution in [1.82, 2.24) is 0 Å². The van der Waals surface area contributed by atoms with Crippen molar-refractivity contribution in [2.75, 3.05) is 11.5 Å². The predicted molar refractivity (Wildman–Crippen MR) is 112 cm³/mol. The lowest BCUT2D eigenvalue weighted by atomic mass is 9.45. The summed E-state index contributed by atoms with van der Waals surface area (Å²) in [6, 6.07) is 0. The van der Waals surface area contributed by atoms with Crippen molar-refractivity contribution < 1.29 is 4.74 Å². The summed E-state index contributed by atoms with van der Waals surface area (Å²) in [5, 5.41) is 0. The highest BCUT2D eigenvalue weighted by atomic mass is 127. The van der Waals surface area contributed by atoms with Crippen LogP contribution in [0, 0.1) is 51.8 Å². The Kier molecular flexibility index (Phi) is 3.99. The molecule has 5 aliphatic carbocycles. The van der Waals surface area contributed by atoms with Crippen LogP contribution in [0.4, 0.5) is 0 Å². The van der Waals surface area contributed by atoms with Crippen molar-refractivity contribution in [3.05, 3.63) is 0 Å². The van der Waals surface area contributed by atoms with E-state index in [4.69, 9.17) is 4.74 Å². The van der Waals surface area contributed by atoms with Gasteiger partial charge >= 0.3 is 0 Å². The van der Waals surface area contributed by atoms with E-state index < -0.39 is 0 Å². The van der Waals surface area contributed by atoms with Crippen LogP contribution in [0.3, 0.4) is 0 Å². The molecule has 0 saturated heterocycles. The Labute approximate surface area is 168 Å². The summed E-state index contributed by atoms with van der Waals surface area (Å²) in [7, 11) is 2.02. The van der Waals surface area contributed by atoms with E-state index in [2.05, 4.69) is 43.4 Å². The third-order valence-corrected chi connectivity index (χ3v) is 12.2. The molecule has 1 spiro atoms. The van der Waals surface area contributed by atoms with Gasteiger partial charge in [0.15, 0.2) is 0 Å². The third kappa shape index (κ3) is 2.00. The Bertz CT molecular complexity index is 562. The number of fused-ring (bicyclic) bond motifs is 4. The molecule has 25 heavy (non-hydrogen) atoms. The van der Waals surface area contributed by atoms with E-state index >= 15 is 0 Å². The molecule has 0 unspecified atom stereocenters. The van der Waals surface area contributed by atoms with E-state index in [0.29, 0.717) is 22.3 Å². The average molecular weight is 456 g/mol. The molecule has 0 bridgehead atoms. The first-order valence-electron chi connectivity index (χ1n) is 11.0. The monoisotopic (exact) mass is 456 g/mol. The molecule has 0 heterocycles. The van der Waals surface area contributed by atoms with Gasteiger partial charge in [-0.25, -0.2) is 0 Å². The summed E-state index contributed by atoms with van der Waals surface area (Å²) in [5.74, 6) is 5.80. The van der Waals surface area contributed by atoms with Crippen molar-refractivity contribution in [2.45, 2.75) is 78.2 Å². The molecular formula is C23H37IO. The second-order valence-electron chi connectivity index (χ2n) is 11.1. The number of ether oxygens (including phenoxy) is 1. The quantitative estimate of drug-likeness (QED) is 0.356. The summed E-state index contributed by atoms with van der Waals surface area (Å²) >= 11 is 2.63. The fourth-order valence-corrected chi connectivity index (χ4v) is 10.3. The number of hydrogen-bond acceptors (Lipinski definition) is 1. The van der Waals surface area contributed by atoms with Gasteiger partial charge in [0, 0.05) is 17.0 Å². The molecular weight excluding hydrogens is 419 g/mol. The number of methoxy groups -OCH3 is 1. The van der Waals surface area contributed by atoms with Crippen LogP contribution in [0.1, 0.15) is 72.1 Å². The smallest absolute Gasteiger partial charge is 0.0638 e. The molecule has 0 aromatic heterocycles. The number of halogens is 1. The van der Waals surface area contributed by atoms with Gasteiger partial charge in [0.1, 0.15) is 0 Å². The topological polar surface area (TPSA) is 9.23 Å². The van der Waals surface area contributed by atoms with Gasteiger partial charge in [-0.3, -0.25) is 0 Å². The molecule has 0 N–H and O–H groups in total. The maximum absolute atomic E-state index is 6.24. The normalized spacial score (nSPS) is 60.4. The predicted octanol–water partition coefficient (Wildman–Crippen LogP) is 6.34. The van der Waals surface area contributed by atoms with E-state index in [9.17, 15) is 0 Å². The first-order chi connectivity index (χ1) is 11.9. The van der Waals surface area contributed by atoms with Gasteiger partial charge in [-0.2, -0.15) is 0 Å². The van der Waals surface area contributed by atoms with Crippen molar-refractivity contribution in [2.24, 2.45) is 51.8 Å². The lowest BCUT2D eigenvalue weighted by Crippen LogP contribution is -2.57. The van der Waals surface area contributed by atoms with Gasteiger partial charge in [-0.15, -0.1) is 0 Å². The number of hydrogen-bond donors (Lipinski definition) is 0. The van der Waals surface area contributed by atoms with Crippen LogP contribution in [0.5, 0.6) is 0 Å². The Balaban J connectivity index is 1.49. The van der Waals surface area contributed by atoms with Crippen LogP contribution in [-0.2, 0) is 4.74 Å². The zero-order valence-corrected chi connectivity index (χ0v) is 18.8. The molecule has 0 aliphatic heterocycles. The second kappa shape index (κ2) is 5.61. The van der Waals surface area contributed by atoms with Gasteiger partial charge in [0.2, 0.25) is 0 Å². The minimum absolute atomic E-state index is 0.564. The number of rotatable bonds is 3. The zero-order chi connectivity index (χ0) is 17.6. The molecule has 1 nitrogen and oxygen atoms in total. The van der Waals surface area contributed by atoms with E-state index in [0.717, 1.165) is 35.5 Å². The molecule has 142 valence electrons. The molecule has 0 amide bonds. The fraction of sp³-hybridized carbons (Fsp3) is 1.00. The van der Waals surface area contributed by atoms with Crippen LogP contribution in [0.25, 0.3) is 0 Å². The maximum Gasteiger partial charge on any atom is 0.0638 e. The highest BCUT2D eigenvalue weighted by Crippen LogP contribution is 2.82. The van der Waals surface area contributed by atoms with Crippen LogP contribution >= 0.6 is 22.6 Å². The minimum Gasteiger partial charge on any atom is -0.381 e. The van der Waals surface area contributed by atoms with E-state index in [1.807, 2.05) is 7.11 Å². The van der Waals surface area contributed by atoms with Crippen LogP contribution < -0.4 is 0 Å². The SMILES string of the molecule is CO[C@@H]1C[C@H]2[C@@H]3CC[C@H]([C@H](C)CI)[C@@]3(C)CC[C@@H]2[C@@]2(C)CC[C@@H]3C[C@]312. The molecule has 0 aromatic rings. The summed E-state index contributed by atoms with van der Waals surface area (Å²) in [4.78, 5) is 0. The first kappa shape index (κ1) is 17.8. The van der Waals surface area contributed by atoms with Crippen molar-refractivity contribution >= 4 is 22.6 Å². The molecule has 10 atom stereocenters. The van der Waals surface area contributed by atoms with Crippen molar-refractivity contribution in [1.29, 1.82) is 0 Å². The van der Waals surface area contributed by atoms with E-state index in [1.165, 1.54) is 55.8 Å². The lowest BCUT2D eigenvalue weighted by Gasteiger charge is -2.61. The Morgan fingerprint density at radius 3 is 2.56 bits per heavy atom. The highest BCUT2D eigenvalue weighted by Gasteiger charge is 2.77. The standard InChI is InChI=1S/C23H37IO/c1-14(13-24)17-5-6-18-16-11-20(25-4)23-12-15(23)7-10-22(23,3)19(16)8-9-21(17,18)2/h14-20H,5-13H2,1-4H3/t14-,15-,16+,17-,18+,19+,20-,21-,22-,23+/m1/s1. The maximum atomic E-state index is 6.24. The molecule has 2 heteroatoms. The summed E-state index contributed by atoms with van der Waals surface area (Å²) in [6.45, 7) is 7.92. The Morgan fingerprint density at radius 2 is 1.88 bits per heavy atom. The molecule has 5 rings (SSSR count). The first-order valence-corrected chi connectivity index (χ1v) is 12.5. The van der Waals surface area contributed by atoms with Gasteiger partial charge in [-0.05, 0) is 97.7 Å². The van der Waals surface area contributed by atoms with Crippen LogP contribution in [0.15, 0.2) is 0 Å². The van der Waals surface area contributed by atoms with Crippen LogP contribution in [0.2, 0.25) is 0 Å². The molecule has 0 radical (unpaired) electrons. The van der Waals surface area contributed by atoms with Crippen molar-refractivity contribution in [3.63, 3.8) is 0 Å². The van der Waals surface area contributed by atoms with E-state index in [-0.39, 0.29) is 0 Å². The third-order valence-electron chi connectivity index (χ3n) is 10.8. The minimum atomic E-state index is 0.564. The van der Waals surface area contributed by atoms with Gasteiger partial charge in [0.25, 0.3) is 0 Å². The molecule has 5 fully saturated rings. The molecule has 5 saturated carbocycles. The fourth-order valence-electron chi connectivity index (χ4n) is 9.66. The molecule has 0 aromatic carbocycles. The van der Waals surface area contributed by atoms with Gasteiger partial charge in [-0.1, -0.05) is 43.4 Å². The van der Waals surface area contributed by atoms with Crippen LogP contribution in [-0.4, -0.2) is 17.6 Å². The molecule has 5 aliphatic rings. The largest absolute Gasteiger partial charge is 0.381 e. The van der Waals surface area contributed by atoms with Gasteiger partial charge < -0.3 is 4.74 Å². The zero-order valence-electron chi connectivity index (χ0n) is 16.7. The Morgan fingerprint density at radius 1 is 1.08 bits per heavy atom. The lowest BCUT2D eigenvalue weighted by molar-refractivity contribution is -0.160. The van der Waals surface area contributed by atoms with E-state index in [1.54, 1.807) is 0 Å². The van der Waals surface area contributed by atoms with Gasteiger partial charge in [0.05, 0.1) is 6.10 Å².